The third-order valence-electron chi connectivity index (χ3n) is 3.69. The molecular weight excluding hydrogens is 318 g/mol. The average Bonchev–Trinajstić information content (AvgIpc) is 3.04. The molecule has 3 rings (SSSR count). The fraction of sp³-hybridized carbons (Fsp3) is 0.357. The number of aromatic nitrogens is 3. The van der Waals surface area contributed by atoms with Gasteiger partial charge in [0.05, 0.1) is 18.1 Å². The van der Waals surface area contributed by atoms with Gasteiger partial charge in [-0.25, -0.2) is 8.42 Å². The van der Waals surface area contributed by atoms with Gasteiger partial charge in [-0.2, -0.15) is 14.2 Å². The fourth-order valence-corrected chi connectivity index (χ4v) is 3.26. The summed E-state index contributed by atoms with van der Waals surface area (Å²) < 4.78 is 24.4. The molecule has 2 aromatic rings. The Labute approximate surface area is 134 Å². The first-order valence-corrected chi connectivity index (χ1v) is 9.02. The molecule has 1 aromatic carbocycles. The molecule has 1 aromatic heterocycles. The number of amides is 1. The molecule has 1 amide bonds. The Morgan fingerprint density at radius 3 is 2.35 bits per heavy atom. The van der Waals surface area contributed by atoms with Gasteiger partial charge < -0.3 is 4.90 Å². The summed E-state index contributed by atoms with van der Waals surface area (Å²) in [4.78, 5) is 15.4. The zero-order valence-corrected chi connectivity index (χ0v) is 13.5. The minimum Gasteiger partial charge on any atom is -0.335 e. The van der Waals surface area contributed by atoms with Crippen LogP contribution in [0, 0.1) is 0 Å². The molecule has 0 spiro atoms. The predicted molar refractivity (Wildman–Crippen MR) is 83.7 cm³/mol. The largest absolute Gasteiger partial charge is 0.335 e. The molecule has 8 nitrogen and oxygen atoms in total. The molecular formula is C14H17N5O3S. The van der Waals surface area contributed by atoms with Gasteiger partial charge in [0, 0.05) is 26.2 Å². The number of hydrogen-bond donors (Lipinski definition) is 0. The van der Waals surface area contributed by atoms with E-state index in [2.05, 4.69) is 10.2 Å². The van der Waals surface area contributed by atoms with Crippen molar-refractivity contribution in [2.75, 3.05) is 32.4 Å². The molecule has 0 bridgehead atoms. The van der Waals surface area contributed by atoms with Crippen LogP contribution in [0.25, 0.3) is 5.69 Å². The lowest BCUT2D eigenvalue weighted by Gasteiger charge is -2.32. The summed E-state index contributed by atoms with van der Waals surface area (Å²) in [6, 6.07) is 9.31. The van der Waals surface area contributed by atoms with Crippen molar-refractivity contribution in [3.8, 4) is 5.69 Å². The molecule has 0 saturated carbocycles. The van der Waals surface area contributed by atoms with Crippen LogP contribution in [0.4, 0.5) is 0 Å². The maximum absolute atomic E-state index is 12.4. The van der Waals surface area contributed by atoms with Gasteiger partial charge in [0.15, 0.2) is 5.69 Å². The zero-order chi connectivity index (χ0) is 16.4. The van der Waals surface area contributed by atoms with Crippen LogP contribution in [0.5, 0.6) is 0 Å². The van der Waals surface area contributed by atoms with Gasteiger partial charge in [-0.15, -0.1) is 5.10 Å². The van der Waals surface area contributed by atoms with Gasteiger partial charge in [-0.05, 0) is 12.1 Å². The molecule has 1 saturated heterocycles. The van der Waals surface area contributed by atoms with Crippen molar-refractivity contribution in [1.29, 1.82) is 0 Å². The monoisotopic (exact) mass is 335 g/mol. The SMILES string of the molecule is CS(=O)(=O)N1CCN(C(=O)c2cnn(-c3ccccc3)n2)CC1. The number of sulfonamides is 1. The number of carbonyl (C=O) groups excluding carboxylic acids is 1. The van der Waals surface area contributed by atoms with Crippen molar-refractivity contribution in [2.24, 2.45) is 0 Å². The van der Waals surface area contributed by atoms with Crippen molar-refractivity contribution in [3.63, 3.8) is 0 Å². The van der Waals surface area contributed by atoms with Crippen LogP contribution >= 0.6 is 0 Å². The Bertz CT molecular complexity index is 795. The number of para-hydroxylation sites is 1. The van der Waals surface area contributed by atoms with E-state index in [0.717, 1.165) is 5.69 Å². The van der Waals surface area contributed by atoms with Crippen LogP contribution in [0.15, 0.2) is 36.5 Å². The first-order chi connectivity index (χ1) is 10.9. The summed E-state index contributed by atoms with van der Waals surface area (Å²) >= 11 is 0. The van der Waals surface area contributed by atoms with Crippen molar-refractivity contribution < 1.29 is 13.2 Å². The summed E-state index contributed by atoms with van der Waals surface area (Å²) in [5.41, 5.74) is 1.02. The van der Waals surface area contributed by atoms with Crippen molar-refractivity contribution in [3.05, 3.63) is 42.2 Å². The lowest BCUT2D eigenvalue weighted by molar-refractivity contribution is 0.0692. The van der Waals surface area contributed by atoms with Crippen LogP contribution in [-0.2, 0) is 10.0 Å². The van der Waals surface area contributed by atoms with Gasteiger partial charge in [-0.3, -0.25) is 4.79 Å². The molecule has 0 radical (unpaired) electrons. The quantitative estimate of drug-likeness (QED) is 0.787. The maximum atomic E-state index is 12.4. The average molecular weight is 335 g/mol. The Morgan fingerprint density at radius 2 is 1.74 bits per heavy atom. The molecule has 23 heavy (non-hydrogen) atoms. The number of piperazine rings is 1. The fourth-order valence-electron chi connectivity index (χ4n) is 2.43. The van der Waals surface area contributed by atoms with E-state index in [1.165, 1.54) is 21.6 Å². The zero-order valence-electron chi connectivity index (χ0n) is 12.7. The summed E-state index contributed by atoms with van der Waals surface area (Å²) in [5.74, 6) is -0.236. The molecule has 9 heteroatoms. The Morgan fingerprint density at radius 1 is 1.09 bits per heavy atom. The second-order valence-electron chi connectivity index (χ2n) is 5.31. The third-order valence-corrected chi connectivity index (χ3v) is 5.00. The van der Waals surface area contributed by atoms with E-state index in [-0.39, 0.29) is 11.6 Å². The Balaban J connectivity index is 1.69. The van der Waals surface area contributed by atoms with E-state index in [1.807, 2.05) is 30.3 Å². The van der Waals surface area contributed by atoms with Crippen LogP contribution in [0.1, 0.15) is 10.5 Å². The Hall–Kier alpha value is -2.26. The lowest BCUT2D eigenvalue weighted by Crippen LogP contribution is -2.50. The Kier molecular flexibility index (Phi) is 4.14. The highest BCUT2D eigenvalue weighted by Crippen LogP contribution is 2.10. The van der Waals surface area contributed by atoms with Crippen molar-refractivity contribution in [2.45, 2.75) is 0 Å². The molecule has 0 N–H and O–H groups in total. The number of rotatable bonds is 3. The van der Waals surface area contributed by atoms with Gasteiger partial charge in [0.1, 0.15) is 0 Å². The van der Waals surface area contributed by atoms with E-state index in [1.54, 1.807) is 4.90 Å². The second kappa shape index (κ2) is 6.09. The van der Waals surface area contributed by atoms with Crippen LogP contribution < -0.4 is 0 Å². The molecule has 0 aliphatic carbocycles. The summed E-state index contributed by atoms with van der Waals surface area (Å²) in [5, 5.41) is 8.31. The van der Waals surface area contributed by atoms with Gasteiger partial charge in [0.25, 0.3) is 5.91 Å². The van der Waals surface area contributed by atoms with E-state index in [4.69, 9.17) is 0 Å². The van der Waals surface area contributed by atoms with E-state index < -0.39 is 10.0 Å². The smallest absolute Gasteiger partial charge is 0.276 e. The molecule has 1 aliphatic rings. The van der Waals surface area contributed by atoms with Crippen LogP contribution in [0.2, 0.25) is 0 Å². The van der Waals surface area contributed by atoms with Crippen LogP contribution in [0.3, 0.4) is 0 Å². The first-order valence-electron chi connectivity index (χ1n) is 7.17. The molecule has 0 unspecified atom stereocenters. The van der Waals surface area contributed by atoms with E-state index in [9.17, 15) is 13.2 Å². The lowest BCUT2D eigenvalue weighted by atomic mass is 10.3. The standard InChI is InChI=1S/C14H17N5O3S/c1-23(21,22)18-9-7-17(8-10-18)14(20)13-11-15-19(16-13)12-5-3-2-4-6-12/h2-6,11H,7-10H2,1H3. The predicted octanol–water partition coefficient (Wildman–Crippen LogP) is -0.0153. The van der Waals surface area contributed by atoms with Crippen LogP contribution in [-0.4, -0.2) is 71.0 Å². The summed E-state index contributed by atoms with van der Waals surface area (Å²) in [6.07, 6.45) is 2.61. The molecule has 0 atom stereocenters. The van der Waals surface area contributed by atoms with E-state index >= 15 is 0 Å². The van der Waals surface area contributed by atoms with E-state index in [0.29, 0.717) is 26.2 Å². The highest BCUT2D eigenvalue weighted by Gasteiger charge is 2.27. The summed E-state index contributed by atoms with van der Waals surface area (Å²) in [7, 11) is -3.21. The maximum Gasteiger partial charge on any atom is 0.276 e. The topological polar surface area (TPSA) is 88.4 Å². The normalized spacial score (nSPS) is 16.5. The second-order valence-corrected chi connectivity index (χ2v) is 7.29. The molecule has 122 valence electrons. The number of carbonyl (C=O) groups is 1. The highest BCUT2D eigenvalue weighted by molar-refractivity contribution is 7.88. The van der Waals surface area contributed by atoms with Gasteiger partial charge in [-0.1, -0.05) is 18.2 Å². The molecule has 1 fully saturated rings. The number of hydrogen-bond acceptors (Lipinski definition) is 5. The minimum atomic E-state index is -3.21. The number of nitrogens with zero attached hydrogens (tertiary/aromatic N) is 5. The highest BCUT2D eigenvalue weighted by atomic mass is 32.2. The van der Waals surface area contributed by atoms with Gasteiger partial charge in [0.2, 0.25) is 10.0 Å². The number of benzene rings is 1. The van der Waals surface area contributed by atoms with Crippen molar-refractivity contribution in [1.82, 2.24) is 24.2 Å². The third kappa shape index (κ3) is 3.40. The summed E-state index contributed by atoms with van der Waals surface area (Å²) in [6.45, 7) is 1.31. The molecule has 1 aliphatic heterocycles. The van der Waals surface area contributed by atoms with Gasteiger partial charge >= 0.3 is 0 Å². The molecule has 2 heterocycles. The van der Waals surface area contributed by atoms with Crippen molar-refractivity contribution >= 4 is 15.9 Å². The minimum absolute atomic E-state index is 0.236. The first kappa shape index (κ1) is 15.6.